The lowest BCUT2D eigenvalue weighted by atomic mass is 9.87. The first-order chi connectivity index (χ1) is 16.1. The molecule has 33 heavy (non-hydrogen) atoms. The summed E-state index contributed by atoms with van der Waals surface area (Å²) in [6.07, 6.45) is 4.24. The Bertz CT molecular complexity index is 991. The predicted octanol–water partition coefficient (Wildman–Crippen LogP) is 4.64. The second-order valence-corrected chi connectivity index (χ2v) is 10.00. The number of hydrogen-bond donors (Lipinski definition) is 1. The lowest BCUT2D eigenvalue weighted by molar-refractivity contribution is 0.0131. The number of piperazine rings is 1. The summed E-state index contributed by atoms with van der Waals surface area (Å²) in [5, 5.41) is 4.27. The lowest BCUT2D eigenvalue weighted by Gasteiger charge is -2.37. The summed E-state index contributed by atoms with van der Waals surface area (Å²) in [5.74, 6) is 0.107. The van der Waals surface area contributed by atoms with Gasteiger partial charge in [-0.3, -0.25) is 4.90 Å². The number of rotatable bonds is 5. The third-order valence-corrected chi connectivity index (χ3v) is 7.80. The second kappa shape index (κ2) is 10.1. The molecule has 2 fully saturated rings. The fraction of sp³-hybridized carbons (Fsp3) is 0.519. The number of unbranched alkanes of at least 4 members (excludes halogenated alkanes) is 1. The number of thiocarbonyl (C=S) groups is 1. The van der Waals surface area contributed by atoms with Gasteiger partial charge in [-0.1, -0.05) is 43.7 Å². The van der Waals surface area contributed by atoms with E-state index in [4.69, 9.17) is 17.0 Å². The molecule has 6 heteroatoms. The van der Waals surface area contributed by atoms with Gasteiger partial charge < -0.3 is 15.0 Å². The van der Waals surface area contributed by atoms with Crippen molar-refractivity contribution in [1.82, 2.24) is 15.1 Å². The minimum absolute atomic E-state index is 0.0685. The van der Waals surface area contributed by atoms with E-state index < -0.39 is 0 Å². The highest BCUT2D eigenvalue weighted by Gasteiger charge is 2.41. The van der Waals surface area contributed by atoms with Crippen LogP contribution in [0.3, 0.4) is 0 Å². The molecule has 2 aromatic rings. The van der Waals surface area contributed by atoms with Crippen LogP contribution in [-0.4, -0.2) is 60.3 Å². The summed E-state index contributed by atoms with van der Waals surface area (Å²) in [6, 6.07) is 13.9. The van der Waals surface area contributed by atoms with Gasteiger partial charge in [0.25, 0.3) is 0 Å². The number of fused-ring (bicyclic) bond motifs is 5. The Balaban J connectivity index is 1.25. The first kappa shape index (κ1) is 22.8. The maximum atomic E-state index is 14.2. The molecule has 0 saturated carbocycles. The Labute approximate surface area is 202 Å². The molecule has 176 valence electrons. The summed E-state index contributed by atoms with van der Waals surface area (Å²) in [4.78, 5) is 4.79. The number of nitrogens with zero attached hydrogens (tertiary/aromatic N) is 2. The van der Waals surface area contributed by atoms with E-state index in [-0.39, 0.29) is 23.9 Å². The van der Waals surface area contributed by atoms with Gasteiger partial charge in [-0.05, 0) is 65.9 Å². The van der Waals surface area contributed by atoms with E-state index in [0.717, 1.165) is 69.2 Å². The van der Waals surface area contributed by atoms with Crippen molar-refractivity contribution in [2.75, 3.05) is 39.3 Å². The molecule has 3 aliphatic rings. The lowest BCUT2D eigenvalue weighted by Crippen LogP contribution is -2.52. The Morgan fingerprint density at radius 2 is 1.88 bits per heavy atom. The van der Waals surface area contributed by atoms with Crippen molar-refractivity contribution in [2.24, 2.45) is 0 Å². The van der Waals surface area contributed by atoms with Crippen LogP contribution in [0.5, 0.6) is 0 Å². The molecule has 0 bridgehead atoms. The van der Waals surface area contributed by atoms with Crippen molar-refractivity contribution >= 4 is 17.3 Å². The third kappa shape index (κ3) is 4.93. The van der Waals surface area contributed by atoms with E-state index >= 15 is 0 Å². The molecule has 1 aliphatic carbocycles. The Kier molecular flexibility index (Phi) is 6.95. The standard InChI is InChI=1S/C27H34FN3OS/c1-2-3-10-29-27(33)31-13-11-30(12-14-31)18-22-17-25-23-7-5-4-6-19(23)15-20-8-9-21(28)16-24(20)26(25)32-22/h4-9,16,22,25-26H,2-3,10-15,17-18H2,1H3,(H,29,33)/t22-,25-,26+/m1/s1. The molecule has 0 unspecified atom stereocenters. The summed E-state index contributed by atoms with van der Waals surface area (Å²) in [7, 11) is 0. The third-order valence-electron chi connectivity index (χ3n) is 7.40. The van der Waals surface area contributed by atoms with Gasteiger partial charge in [0.1, 0.15) is 5.82 Å². The molecular weight excluding hydrogens is 433 g/mol. The normalized spacial score (nSPS) is 24.5. The van der Waals surface area contributed by atoms with Crippen LogP contribution in [0.4, 0.5) is 4.39 Å². The maximum absolute atomic E-state index is 14.2. The van der Waals surface area contributed by atoms with E-state index in [1.54, 1.807) is 12.1 Å². The topological polar surface area (TPSA) is 27.7 Å². The summed E-state index contributed by atoms with van der Waals surface area (Å²) >= 11 is 5.58. The Morgan fingerprint density at radius 3 is 2.70 bits per heavy atom. The Morgan fingerprint density at radius 1 is 1.09 bits per heavy atom. The van der Waals surface area contributed by atoms with Crippen LogP contribution < -0.4 is 5.32 Å². The maximum Gasteiger partial charge on any atom is 0.169 e. The summed E-state index contributed by atoms with van der Waals surface area (Å²) in [6.45, 7) is 7.96. The van der Waals surface area contributed by atoms with Crippen molar-refractivity contribution in [3.05, 3.63) is 70.5 Å². The molecule has 4 nitrogen and oxygen atoms in total. The first-order valence-electron chi connectivity index (χ1n) is 12.4. The molecular formula is C27H34FN3OS. The van der Waals surface area contributed by atoms with Gasteiger partial charge in [0.15, 0.2) is 5.11 Å². The molecule has 5 rings (SSSR count). The summed E-state index contributed by atoms with van der Waals surface area (Å²) in [5.41, 5.74) is 4.94. The number of nitrogens with one attached hydrogen (secondary N) is 1. The SMILES string of the molecule is CCCCNC(=S)N1CCN(C[C@H]2C[C@@H]3c4ccccc4Cc4ccc(F)cc4[C@@H]3O2)CC1. The van der Waals surface area contributed by atoms with Crippen LogP contribution in [0.25, 0.3) is 0 Å². The van der Waals surface area contributed by atoms with Gasteiger partial charge in [-0.2, -0.15) is 0 Å². The van der Waals surface area contributed by atoms with E-state index in [0.29, 0.717) is 0 Å². The monoisotopic (exact) mass is 467 g/mol. The van der Waals surface area contributed by atoms with Crippen LogP contribution in [0, 0.1) is 5.82 Å². The quantitative estimate of drug-likeness (QED) is 0.511. The molecule has 0 aromatic heterocycles. The van der Waals surface area contributed by atoms with E-state index in [1.807, 2.05) is 6.07 Å². The van der Waals surface area contributed by atoms with Crippen LogP contribution in [0.2, 0.25) is 0 Å². The van der Waals surface area contributed by atoms with Crippen LogP contribution in [0.15, 0.2) is 42.5 Å². The van der Waals surface area contributed by atoms with Crippen LogP contribution in [0.1, 0.15) is 60.5 Å². The average molecular weight is 468 g/mol. The first-order valence-corrected chi connectivity index (χ1v) is 12.8. The highest BCUT2D eigenvalue weighted by Crippen LogP contribution is 2.49. The van der Waals surface area contributed by atoms with Crippen molar-refractivity contribution < 1.29 is 9.13 Å². The highest BCUT2D eigenvalue weighted by atomic mass is 32.1. The molecule has 1 N–H and O–H groups in total. The van der Waals surface area contributed by atoms with Gasteiger partial charge >= 0.3 is 0 Å². The van der Waals surface area contributed by atoms with E-state index in [9.17, 15) is 4.39 Å². The minimum Gasteiger partial charge on any atom is -0.368 e. The fourth-order valence-corrected chi connectivity index (χ4v) is 5.91. The predicted molar refractivity (Wildman–Crippen MR) is 134 cm³/mol. The molecule has 2 aromatic carbocycles. The van der Waals surface area contributed by atoms with Gasteiger partial charge in [-0.15, -0.1) is 0 Å². The molecule has 0 spiro atoms. The van der Waals surface area contributed by atoms with Crippen LogP contribution in [-0.2, 0) is 11.2 Å². The number of halogens is 1. The molecule has 2 aliphatic heterocycles. The van der Waals surface area contributed by atoms with Crippen molar-refractivity contribution in [3.8, 4) is 0 Å². The number of hydrogen-bond acceptors (Lipinski definition) is 3. The zero-order valence-electron chi connectivity index (χ0n) is 19.4. The molecule has 3 atom stereocenters. The van der Waals surface area contributed by atoms with Gasteiger partial charge in [0.05, 0.1) is 12.2 Å². The number of ether oxygens (including phenoxy) is 1. The highest BCUT2D eigenvalue weighted by molar-refractivity contribution is 7.80. The molecule has 0 amide bonds. The van der Waals surface area contributed by atoms with Crippen molar-refractivity contribution in [2.45, 2.75) is 50.7 Å². The number of benzene rings is 2. The van der Waals surface area contributed by atoms with Crippen LogP contribution >= 0.6 is 12.2 Å². The van der Waals surface area contributed by atoms with E-state index in [1.165, 1.54) is 23.1 Å². The van der Waals surface area contributed by atoms with Crippen molar-refractivity contribution in [3.63, 3.8) is 0 Å². The van der Waals surface area contributed by atoms with Gasteiger partial charge in [-0.25, -0.2) is 4.39 Å². The molecule has 2 saturated heterocycles. The zero-order valence-corrected chi connectivity index (χ0v) is 20.2. The molecule has 2 heterocycles. The zero-order chi connectivity index (χ0) is 22.8. The summed E-state index contributed by atoms with van der Waals surface area (Å²) < 4.78 is 20.9. The minimum atomic E-state index is -0.176. The Hall–Kier alpha value is -2.02. The smallest absolute Gasteiger partial charge is 0.169 e. The van der Waals surface area contributed by atoms with Gasteiger partial charge in [0, 0.05) is 45.2 Å². The molecule has 0 radical (unpaired) electrons. The second-order valence-electron chi connectivity index (χ2n) is 9.61. The average Bonchev–Trinajstić information content (AvgIpc) is 3.19. The van der Waals surface area contributed by atoms with E-state index in [2.05, 4.69) is 46.3 Å². The van der Waals surface area contributed by atoms with Crippen molar-refractivity contribution in [1.29, 1.82) is 0 Å². The van der Waals surface area contributed by atoms with Gasteiger partial charge in [0.2, 0.25) is 0 Å². The largest absolute Gasteiger partial charge is 0.368 e. The fourth-order valence-electron chi connectivity index (χ4n) is 5.62.